The number of nitrogens with zero attached hydrogens (tertiary/aromatic N) is 2. The molecule has 0 radical (unpaired) electrons. The minimum Gasteiger partial charge on any atom is -0.388 e. The molecule has 0 aliphatic carbocycles. The Morgan fingerprint density at radius 3 is 2.73 bits per heavy atom. The number of hydrogen-bond donors (Lipinski definition) is 2. The number of aryl methyl sites for hydroxylation is 1. The zero-order chi connectivity index (χ0) is 18.7. The van der Waals surface area contributed by atoms with Crippen molar-refractivity contribution in [2.45, 2.75) is 24.3 Å². The first-order chi connectivity index (χ1) is 12.4. The van der Waals surface area contributed by atoms with Crippen LogP contribution in [-0.4, -0.2) is 21.1 Å². The minimum absolute atomic E-state index is 0.267. The molecular formula is C18H17F2N3OS2. The molecule has 0 amide bonds. The molecule has 8 heteroatoms. The fraction of sp³-hybridized carbons (Fsp3) is 0.222. The Hall–Kier alpha value is -2.03. The molecule has 3 aromatic rings. The Kier molecular flexibility index (Phi) is 5.85. The van der Waals surface area contributed by atoms with Gasteiger partial charge in [0.15, 0.2) is 16.0 Å². The number of aliphatic hydroxyl groups is 1. The van der Waals surface area contributed by atoms with Crippen molar-refractivity contribution in [3.63, 3.8) is 0 Å². The number of benzene rings is 2. The lowest BCUT2D eigenvalue weighted by molar-refractivity contribution is 0.203. The van der Waals surface area contributed by atoms with Gasteiger partial charge in [0.05, 0.1) is 6.10 Å². The average molecular weight is 393 g/mol. The molecule has 136 valence electrons. The summed E-state index contributed by atoms with van der Waals surface area (Å²) in [7, 11) is 0. The van der Waals surface area contributed by atoms with Crippen LogP contribution >= 0.6 is 23.1 Å². The number of thioether (sulfide) groups is 1. The monoisotopic (exact) mass is 393 g/mol. The summed E-state index contributed by atoms with van der Waals surface area (Å²) in [6.07, 6.45) is -0.922. The number of aliphatic hydroxyl groups excluding tert-OH is 1. The molecule has 1 heterocycles. The summed E-state index contributed by atoms with van der Waals surface area (Å²) in [5.74, 6) is -1.63. The van der Waals surface area contributed by atoms with Crippen LogP contribution in [0.25, 0.3) is 0 Å². The topological polar surface area (TPSA) is 58.0 Å². The Morgan fingerprint density at radius 2 is 1.96 bits per heavy atom. The van der Waals surface area contributed by atoms with Crippen LogP contribution in [0.3, 0.4) is 0 Å². The molecule has 26 heavy (non-hydrogen) atoms. The lowest BCUT2D eigenvalue weighted by Crippen LogP contribution is -2.01. The van der Waals surface area contributed by atoms with Crippen molar-refractivity contribution in [2.75, 3.05) is 11.1 Å². The number of aromatic nitrogens is 2. The second-order valence-corrected chi connectivity index (χ2v) is 7.99. The van der Waals surface area contributed by atoms with Crippen molar-refractivity contribution in [2.24, 2.45) is 0 Å². The van der Waals surface area contributed by atoms with Crippen LogP contribution in [0.2, 0.25) is 0 Å². The highest BCUT2D eigenvalue weighted by Gasteiger charge is 2.14. The fourth-order valence-electron chi connectivity index (χ4n) is 2.29. The number of rotatable bonds is 6. The Labute approximate surface area is 158 Å². The predicted molar refractivity (Wildman–Crippen MR) is 101 cm³/mol. The zero-order valence-corrected chi connectivity index (χ0v) is 15.8. The molecular weight excluding hydrogens is 376 g/mol. The summed E-state index contributed by atoms with van der Waals surface area (Å²) >= 11 is 2.68. The van der Waals surface area contributed by atoms with E-state index in [4.69, 9.17) is 0 Å². The Morgan fingerprint density at radius 1 is 1.15 bits per heavy atom. The first-order valence-electron chi connectivity index (χ1n) is 7.86. The number of hydrogen-bond acceptors (Lipinski definition) is 6. The van der Waals surface area contributed by atoms with Crippen molar-refractivity contribution in [3.8, 4) is 0 Å². The first kappa shape index (κ1) is 18.8. The molecule has 2 N–H and O–H groups in total. The van der Waals surface area contributed by atoms with Gasteiger partial charge in [-0.3, -0.25) is 0 Å². The largest absolute Gasteiger partial charge is 0.388 e. The summed E-state index contributed by atoms with van der Waals surface area (Å²) in [5.41, 5.74) is 3.63. The van der Waals surface area contributed by atoms with Crippen LogP contribution < -0.4 is 5.32 Å². The third-order valence-electron chi connectivity index (χ3n) is 3.95. The van der Waals surface area contributed by atoms with Gasteiger partial charge in [-0.05, 0) is 48.7 Å². The van der Waals surface area contributed by atoms with Gasteiger partial charge < -0.3 is 10.4 Å². The van der Waals surface area contributed by atoms with Gasteiger partial charge in [0.25, 0.3) is 0 Å². The van der Waals surface area contributed by atoms with Crippen LogP contribution in [0.15, 0.2) is 40.7 Å². The molecule has 4 nitrogen and oxygen atoms in total. The second kappa shape index (κ2) is 8.11. The van der Waals surface area contributed by atoms with E-state index in [0.29, 0.717) is 15.0 Å². The highest BCUT2D eigenvalue weighted by atomic mass is 32.2. The van der Waals surface area contributed by atoms with Crippen molar-refractivity contribution in [1.82, 2.24) is 10.2 Å². The molecule has 0 aliphatic heterocycles. The van der Waals surface area contributed by atoms with E-state index >= 15 is 0 Å². The molecule has 0 bridgehead atoms. The van der Waals surface area contributed by atoms with Gasteiger partial charge in [0.1, 0.15) is 0 Å². The number of nitrogens with one attached hydrogen (secondary N) is 1. The van der Waals surface area contributed by atoms with E-state index in [9.17, 15) is 13.9 Å². The highest BCUT2D eigenvalue weighted by Crippen LogP contribution is 2.31. The van der Waals surface area contributed by atoms with Gasteiger partial charge in [-0.1, -0.05) is 41.3 Å². The Balaban J connectivity index is 1.61. The van der Waals surface area contributed by atoms with Gasteiger partial charge in [0.2, 0.25) is 5.13 Å². The standard InChI is InChI=1S/C18H17F2N3OS2/c1-10-4-3-5-15(11(10)2)21-17-22-23-18(26-17)25-9-16(24)12-6-7-13(19)14(20)8-12/h3-8,16,24H,9H2,1-2H3,(H,21,22)/t16-/m1/s1. The third kappa shape index (κ3) is 4.38. The van der Waals surface area contributed by atoms with Crippen molar-refractivity contribution in [3.05, 3.63) is 64.7 Å². The summed E-state index contributed by atoms with van der Waals surface area (Å²) in [6.45, 7) is 4.08. The van der Waals surface area contributed by atoms with Crippen molar-refractivity contribution >= 4 is 33.9 Å². The van der Waals surface area contributed by atoms with E-state index in [2.05, 4.69) is 15.5 Å². The van der Waals surface area contributed by atoms with Crippen LogP contribution in [0.1, 0.15) is 22.8 Å². The van der Waals surface area contributed by atoms with Gasteiger partial charge >= 0.3 is 0 Å². The molecule has 0 fully saturated rings. The van der Waals surface area contributed by atoms with Gasteiger partial charge in [-0.2, -0.15) is 0 Å². The molecule has 3 rings (SSSR count). The average Bonchev–Trinajstić information content (AvgIpc) is 3.07. The Bertz CT molecular complexity index is 917. The fourth-order valence-corrected chi connectivity index (χ4v) is 4.04. The maximum atomic E-state index is 13.3. The lowest BCUT2D eigenvalue weighted by Gasteiger charge is -2.09. The normalized spacial score (nSPS) is 12.2. The molecule has 0 unspecified atom stereocenters. The summed E-state index contributed by atoms with van der Waals surface area (Å²) in [4.78, 5) is 0. The molecule has 0 saturated heterocycles. The zero-order valence-electron chi connectivity index (χ0n) is 14.2. The van der Waals surface area contributed by atoms with E-state index < -0.39 is 17.7 Å². The van der Waals surface area contributed by atoms with Gasteiger partial charge in [-0.15, -0.1) is 10.2 Å². The third-order valence-corrected chi connectivity index (χ3v) is 5.99. The molecule has 0 saturated carbocycles. The van der Waals surface area contributed by atoms with Gasteiger partial charge in [-0.25, -0.2) is 8.78 Å². The van der Waals surface area contributed by atoms with E-state index in [1.54, 1.807) is 0 Å². The van der Waals surface area contributed by atoms with Crippen LogP contribution in [0.4, 0.5) is 19.6 Å². The molecule has 2 aromatic carbocycles. The van der Waals surface area contributed by atoms with Crippen LogP contribution in [-0.2, 0) is 0 Å². The maximum Gasteiger partial charge on any atom is 0.210 e. The smallest absolute Gasteiger partial charge is 0.210 e. The first-order valence-corrected chi connectivity index (χ1v) is 9.67. The van der Waals surface area contributed by atoms with Crippen molar-refractivity contribution < 1.29 is 13.9 Å². The lowest BCUT2D eigenvalue weighted by atomic mass is 10.1. The molecule has 1 atom stereocenters. The van der Waals surface area contributed by atoms with Crippen LogP contribution in [0.5, 0.6) is 0 Å². The number of anilines is 2. The van der Waals surface area contributed by atoms with E-state index in [0.717, 1.165) is 23.4 Å². The van der Waals surface area contributed by atoms with E-state index in [1.165, 1.54) is 34.7 Å². The van der Waals surface area contributed by atoms with Crippen LogP contribution in [0, 0.1) is 25.5 Å². The SMILES string of the molecule is Cc1cccc(Nc2nnc(SC[C@@H](O)c3ccc(F)c(F)c3)s2)c1C. The highest BCUT2D eigenvalue weighted by molar-refractivity contribution is 8.01. The predicted octanol–water partition coefficient (Wildman–Crippen LogP) is 5.00. The second-order valence-electron chi connectivity index (χ2n) is 5.75. The quantitative estimate of drug-likeness (QED) is 0.577. The summed E-state index contributed by atoms with van der Waals surface area (Å²) < 4.78 is 26.9. The number of halogens is 2. The molecule has 0 aliphatic rings. The van der Waals surface area contributed by atoms with Gasteiger partial charge in [0, 0.05) is 11.4 Å². The molecule has 1 aromatic heterocycles. The summed E-state index contributed by atoms with van der Waals surface area (Å²) in [6, 6.07) is 9.38. The molecule has 0 spiro atoms. The summed E-state index contributed by atoms with van der Waals surface area (Å²) in [5, 5.41) is 22.2. The van der Waals surface area contributed by atoms with E-state index in [-0.39, 0.29) is 5.75 Å². The van der Waals surface area contributed by atoms with E-state index in [1.807, 2.05) is 32.0 Å². The van der Waals surface area contributed by atoms with Crippen molar-refractivity contribution in [1.29, 1.82) is 0 Å². The maximum absolute atomic E-state index is 13.3. The minimum atomic E-state index is -0.970.